The minimum atomic E-state index is 0.409. The van der Waals surface area contributed by atoms with Crippen molar-refractivity contribution < 1.29 is 4.74 Å². The lowest BCUT2D eigenvalue weighted by molar-refractivity contribution is 0.292. The molecule has 0 atom stereocenters. The monoisotopic (exact) mass is 289 g/mol. The number of thiazole rings is 1. The van der Waals surface area contributed by atoms with E-state index in [2.05, 4.69) is 32.5 Å². The summed E-state index contributed by atoms with van der Waals surface area (Å²) in [5.74, 6) is 6.99. The average molecular weight is 289 g/mol. The standard InChI is InChI=1S/C13H15N5OS/c1-8-15-11(18-14)6-12(16-8)19-7-13-17-9-4-2-3-5-10(9)20-13/h2,4,6H,3,5,7,14H2,1H3,(H,15,16,18). The smallest absolute Gasteiger partial charge is 0.219 e. The van der Waals surface area contributed by atoms with Crippen LogP contribution in [0.2, 0.25) is 0 Å². The highest BCUT2D eigenvalue weighted by Crippen LogP contribution is 2.26. The minimum absolute atomic E-state index is 0.409. The van der Waals surface area contributed by atoms with Crippen LogP contribution in [0.3, 0.4) is 0 Å². The van der Waals surface area contributed by atoms with Gasteiger partial charge in [-0.15, -0.1) is 11.3 Å². The molecule has 1 aliphatic carbocycles. The van der Waals surface area contributed by atoms with Crippen LogP contribution in [-0.4, -0.2) is 15.0 Å². The first-order chi connectivity index (χ1) is 9.74. The Balaban J connectivity index is 1.71. The predicted molar refractivity (Wildman–Crippen MR) is 78.4 cm³/mol. The number of ether oxygens (including phenoxy) is 1. The van der Waals surface area contributed by atoms with Crippen LogP contribution in [0.1, 0.15) is 27.8 Å². The highest BCUT2D eigenvalue weighted by atomic mass is 32.1. The minimum Gasteiger partial charge on any atom is -0.470 e. The number of nitrogen functional groups attached to an aromatic ring is 1. The number of allylic oxidation sites excluding steroid dienone is 1. The fourth-order valence-corrected chi connectivity index (χ4v) is 3.00. The second kappa shape index (κ2) is 5.56. The van der Waals surface area contributed by atoms with Crippen molar-refractivity contribution in [2.24, 2.45) is 5.84 Å². The van der Waals surface area contributed by atoms with Crippen LogP contribution < -0.4 is 16.0 Å². The zero-order chi connectivity index (χ0) is 13.9. The topological polar surface area (TPSA) is 86.0 Å². The number of hydrogen-bond donors (Lipinski definition) is 2. The van der Waals surface area contributed by atoms with E-state index in [0.29, 0.717) is 24.1 Å². The maximum Gasteiger partial charge on any atom is 0.219 e. The fourth-order valence-electron chi connectivity index (χ4n) is 2.02. The van der Waals surface area contributed by atoms with Gasteiger partial charge in [-0.05, 0) is 25.8 Å². The lowest BCUT2D eigenvalue weighted by Gasteiger charge is -2.06. The number of fused-ring (bicyclic) bond motifs is 1. The Morgan fingerprint density at radius 2 is 2.30 bits per heavy atom. The number of aryl methyl sites for hydroxylation is 2. The summed E-state index contributed by atoms with van der Waals surface area (Å²) in [5, 5.41) is 0.958. The molecule has 3 rings (SSSR count). The van der Waals surface area contributed by atoms with Crippen LogP contribution in [0.15, 0.2) is 12.1 Å². The van der Waals surface area contributed by atoms with Gasteiger partial charge in [-0.2, -0.15) is 4.98 Å². The maximum atomic E-state index is 5.67. The van der Waals surface area contributed by atoms with Crippen molar-refractivity contribution in [3.8, 4) is 5.88 Å². The van der Waals surface area contributed by atoms with Crippen LogP contribution in [0.5, 0.6) is 5.88 Å². The normalized spacial score (nSPS) is 13.1. The van der Waals surface area contributed by atoms with E-state index in [9.17, 15) is 0 Å². The number of nitrogens with two attached hydrogens (primary N) is 1. The molecule has 6 nitrogen and oxygen atoms in total. The van der Waals surface area contributed by atoms with Crippen LogP contribution in [0.25, 0.3) is 6.08 Å². The number of hydrogen-bond acceptors (Lipinski definition) is 7. The molecule has 0 aromatic carbocycles. The van der Waals surface area contributed by atoms with E-state index in [1.807, 2.05) is 0 Å². The van der Waals surface area contributed by atoms with E-state index in [0.717, 1.165) is 23.5 Å². The molecular formula is C13H15N5OS. The summed E-state index contributed by atoms with van der Waals surface area (Å²) in [6.45, 7) is 2.20. The molecule has 20 heavy (non-hydrogen) atoms. The third-order valence-corrected chi connectivity index (χ3v) is 4.00. The molecule has 2 heterocycles. The number of hydrazine groups is 1. The average Bonchev–Trinajstić information content (AvgIpc) is 2.87. The second-order valence-electron chi connectivity index (χ2n) is 4.43. The number of anilines is 1. The van der Waals surface area contributed by atoms with Crippen molar-refractivity contribution in [1.29, 1.82) is 0 Å². The Labute approximate surface area is 120 Å². The first kappa shape index (κ1) is 13.0. The Hall–Kier alpha value is -1.99. The zero-order valence-corrected chi connectivity index (χ0v) is 11.9. The van der Waals surface area contributed by atoms with E-state index < -0.39 is 0 Å². The SMILES string of the molecule is Cc1nc(NN)cc(OCc2nc3c(s2)CCC=C3)n1. The lowest BCUT2D eigenvalue weighted by Crippen LogP contribution is -2.10. The van der Waals surface area contributed by atoms with E-state index in [4.69, 9.17) is 10.6 Å². The summed E-state index contributed by atoms with van der Waals surface area (Å²) in [6.07, 6.45) is 6.38. The van der Waals surface area contributed by atoms with Crippen molar-refractivity contribution in [3.63, 3.8) is 0 Å². The van der Waals surface area contributed by atoms with Crippen molar-refractivity contribution in [2.75, 3.05) is 5.43 Å². The van der Waals surface area contributed by atoms with Crippen LogP contribution in [0.4, 0.5) is 5.82 Å². The van der Waals surface area contributed by atoms with Gasteiger partial charge in [0.05, 0.1) is 5.69 Å². The van der Waals surface area contributed by atoms with Crippen molar-refractivity contribution in [3.05, 3.63) is 33.5 Å². The Kier molecular flexibility index (Phi) is 3.62. The number of nitrogens with zero attached hydrogens (tertiary/aromatic N) is 3. The van der Waals surface area contributed by atoms with Crippen molar-refractivity contribution in [2.45, 2.75) is 26.4 Å². The van der Waals surface area contributed by atoms with Gasteiger partial charge in [0, 0.05) is 10.9 Å². The van der Waals surface area contributed by atoms with E-state index in [1.165, 1.54) is 4.88 Å². The number of nitrogens with one attached hydrogen (secondary N) is 1. The highest BCUT2D eigenvalue weighted by Gasteiger charge is 2.12. The molecule has 0 saturated carbocycles. The van der Waals surface area contributed by atoms with Gasteiger partial charge in [-0.1, -0.05) is 6.08 Å². The molecule has 0 spiro atoms. The van der Waals surface area contributed by atoms with Crippen LogP contribution in [0, 0.1) is 6.92 Å². The molecule has 1 aliphatic rings. The van der Waals surface area contributed by atoms with E-state index in [-0.39, 0.29) is 0 Å². The van der Waals surface area contributed by atoms with E-state index >= 15 is 0 Å². The van der Waals surface area contributed by atoms with Gasteiger partial charge in [0.15, 0.2) is 0 Å². The van der Waals surface area contributed by atoms with Crippen LogP contribution in [-0.2, 0) is 13.0 Å². The van der Waals surface area contributed by atoms with Gasteiger partial charge in [-0.25, -0.2) is 15.8 Å². The van der Waals surface area contributed by atoms with Gasteiger partial charge in [0.25, 0.3) is 0 Å². The quantitative estimate of drug-likeness (QED) is 0.662. The molecule has 0 fully saturated rings. The van der Waals surface area contributed by atoms with Gasteiger partial charge in [0.1, 0.15) is 23.3 Å². The summed E-state index contributed by atoms with van der Waals surface area (Å²) in [6, 6.07) is 1.67. The third kappa shape index (κ3) is 2.78. The molecule has 0 unspecified atom stereocenters. The second-order valence-corrected chi connectivity index (χ2v) is 5.60. The first-order valence-corrected chi connectivity index (χ1v) is 7.16. The molecule has 0 saturated heterocycles. The lowest BCUT2D eigenvalue weighted by atomic mass is 10.1. The first-order valence-electron chi connectivity index (χ1n) is 6.35. The number of aromatic nitrogens is 3. The fraction of sp³-hybridized carbons (Fsp3) is 0.308. The molecule has 7 heteroatoms. The zero-order valence-electron chi connectivity index (χ0n) is 11.1. The summed E-state index contributed by atoms with van der Waals surface area (Å²) < 4.78 is 5.67. The van der Waals surface area contributed by atoms with Crippen molar-refractivity contribution >= 4 is 23.2 Å². The largest absolute Gasteiger partial charge is 0.470 e. The van der Waals surface area contributed by atoms with Gasteiger partial charge in [-0.3, -0.25) is 0 Å². The van der Waals surface area contributed by atoms with Gasteiger partial charge < -0.3 is 10.2 Å². The number of rotatable bonds is 4. The van der Waals surface area contributed by atoms with Gasteiger partial charge >= 0.3 is 0 Å². The van der Waals surface area contributed by atoms with E-state index in [1.54, 1.807) is 24.3 Å². The van der Waals surface area contributed by atoms with Crippen molar-refractivity contribution in [1.82, 2.24) is 15.0 Å². The molecule has 104 valence electrons. The molecular weight excluding hydrogens is 274 g/mol. The molecule has 0 bridgehead atoms. The Morgan fingerprint density at radius 3 is 3.10 bits per heavy atom. The molecule has 3 N–H and O–H groups in total. The molecule has 0 aliphatic heterocycles. The Morgan fingerprint density at radius 1 is 1.40 bits per heavy atom. The molecule has 0 radical (unpaired) electrons. The van der Waals surface area contributed by atoms with Crippen LogP contribution >= 0.6 is 11.3 Å². The summed E-state index contributed by atoms with van der Waals surface area (Å²) in [4.78, 5) is 14.2. The molecule has 2 aromatic heterocycles. The maximum absolute atomic E-state index is 5.67. The third-order valence-electron chi connectivity index (χ3n) is 2.89. The highest BCUT2D eigenvalue weighted by molar-refractivity contribution is 7.11. The summed E-state index contributed by atoms with van der Waals surface area (Å²) in [7, 11) is 0. The molecule has 2 aromatic rings. The molecule has 0 amide bonds. The Bertz CT molecular complexity index is 652. The van der Waals surface area contributed by atoms with Gasteiger partial charge in [0.2, 0.25) is 5.88 Å². The summed E-state index contributed by atoms with van der Waals surface area (Å²) in [5.41, 5.74) is 3.57. The summed E-state index contributed by atoms with van der Waals surface area (Å²) >= 11 is 1.70. The predicted octanol–water partition coefficient (Wildman–Crippen LogP) is 2.07.